The second-order valence-electron chi connectivity index (χ2n) is 13.5. The number of carbonyl (C=O) groups excluding carboxylic acids is 2. The van der Waals surface area contributed by atoms with E-state index in [4.69, 9.17) is 15.2 Å². The third kappa shape index (κ3) is 4.46. The number of Topliss-reactive ketones (excluding diaryl/α,β-unsaturated/α-hetero) is 1. The number of nitrogen functional groups attached to an aromatic ring is 1. The molecule has 0 amide bonds. The van der Waals surface area contributed by atoms with Crippen LogP contribution in [0.3, 0.4) is 0 Å². The van der Waals surface area contributed by atoms with E-state index in [9.17, 15) is 14.7 Å². The zero-order valence-electron chi connectivity index (χ0n) is 25.2. The van der Waals surface area contributed by atoms with Crippen molar-refractivity contribution >= 4 is 22.9 Å². The van der Waals surface area contributed by atoms with Crippen LogP contribution < -0.4 is 11.1 Å². The zero-order chi connectivity index (χ0) is 30.7. The highest BCUT2D eigenvalue weighted by Gasteiger charge is 2.77. The molecule has 4 unspecified atom stereocenters. The molecule has 1 heterocycles. The fourth-order valence-electron chi connectivity index (χ4n) is 8.30. The number of halogens is 2. The van der Waals surface area contributed by atoms with Gasteiger partial charge in [0, 0.05) is 22.2 Å². The summed E-state index contributed by atoms with van der Waals surface area (Å²) in [5.74, 6) is -0.988. The molecule has 0 bridgehead atoms. The van der Waals surface area contributed by atoms with Crippen molar-refractivity contribution in [3.05, 3.63) is 48.1 Å². The highest BCUT2D eigenvalue weighted by atomic mass is 19.1. The van der Waals surface area contributed by atoms with E-state index in [1.165, 1.54) is 32.1 Å². The Morgan fingerprint density at radius 2 is 1.81 bits per heavy atom. The van der Waals surface area contributed by atoms with Crippen molar-refractivity contribution in [3.8, 4) is 0 Å². The predicted octanol–water partition coefficient (Wildman–Crippen LogP) is 5.63. The van der Waals surface area contributed by atoms with Gasteiger partial charge >= 0.3 is 0 Å². The van der Waals surface area contributed by atoms with Crippen LogP contribution in [0.25, 0.3) is 0 Å². The Labute approximate surface area is 246 Å². The lowest BCUT2D eigenvalue weighted by atomic mass is 9.57. The molecule has 5 rings (SSSR count). The number of nitrogens with two attached hydrogens (primary N) is 1. The summed E-state index contributed by atoms with van der Waals surface area (Å²) in [6.45, 7) is 8.43. The third-order valence-corrected chi connectivity index (χ3v) is 10.9. The van der Waals surface area contributed by atoms with Gasteiger partial charge in [-0.1, -0.05) is 26.3 Å². The van der Waals surface area contributed by atoms with Gasteiger partial charge in [0.1, 0.15) is 17.4 Å². The average Bonchev–Trinajstić information content (AvgIpc) is 3.32. The molecule has 9 atom stereocenters. The number of ether oxygens (including phenoxy) is 2. The summed E-state index contributed by atoms with van der Waals surface area (Å²) in [7, 11) is 0. The molecule has 4 N–H and O–H groups in total. The topological polar surface area (TPSA) is 111 Å². The molecule has 7 nitrogen and oxygen atoms in total. The van der Waals surface area contributed by atoms with Crippen LogP contribution in [0.15, 0.2) is 48.1 Å². The van der Waals surface area contributed by atoms with E-state index in [1.807, 2.05) is 20.8 Å². The highest BCUT2D eigenvalue weighted by molar-refractivity contribution is 6.01. The second kappa shape index (κ2) is 10.5. The summed E-state index contributed by atoms with van der Waals surface area (Å²) in [6.07, 6.45) is 1.93. The van der Waals surface area contributed by atoms with E-state index < -0.39 is 52.0 Å². The van der Waals surface area contributed by atoms with Gasteiger partial charge in [-0.25, -0.2) is 8.78 Å². The maximum Gasteiger partial charge on any atom is 0.187 e. The number of nitrogens with one attached hydrogen (secondary N) is 1. The maximum absolute atomic E-state index is 17.0. The number of hydrogen-bond donors (Lipinski definition) is 3. The van der Waals surface area contributed by atoms with E-state index in [0.717, 1.165) is 6.42 Å². The van der Waals surface area contributed by atoms with Crippen molar-refractivity contribution in [2.75, 3.05) is 17.6 Å². The molecule has 4 aliphatic rings. The molecule has 3 aliphatic carbocycles. The summed E-state index contributed by atoms with van der Waals surface area (Å²) in [5.41, 5.74) is -0.458. The Balaban J connectivity index is 1.58. The molecule has 3 fully saturated rings. The van der Waals surface area contributed by atoms with E-state index >= 15 is 8.78 Å². The Kier molecular flexibility index (Phi) is 7.72. The van der Waals surface area contributed by atoms with Crippen LogP contribution in [0.4, 0.5) is 20.2 Å². The molecule has 9 heteroatoms. The quantitative estimate of drug-likeness (QED) is 0.371. The van der Waals surface area contributed by atoms with E-state index in [-0.39, 0.29) is 36.7 Å². The number of aliphatic hydroxyl groups is 1. The number of carbonyl (C=O) groups is 2. The highest BCUT2D eigenvalue weighted by Crippen LogP contribution is 2.67. The fraction of sp³-hybridized carbons (Fsp3) is 0.636. The number of hydrogen-bond acceptors (Lipinski definition) is 7. The van der Waals surface area contributed by atoms with Crippen molar-refractivity contribution in [1.29, 1.82) is 0 Å². The van der Waals surface area contributed by atoms with Gasteiger partial charge in [0.15, 0.2) is 23.5 Å². The van der Waals surface area contributed by atoms with Gasteiger partial charge in [-0.05, 0) is 101 Å². The number of ketones is 2. The standard InChI is InChI=1S/C33H44F2N2O5/c1-6-7-28-41-31(4)17-20-8-13-25(34)24-16-23(38)14-15-29(24,2)32(5,35)26(39)18-30(20,3)33(31,42-28)27(40)19-37-22-11-9-21(36)10-12-22/h9-12,14-16,20,25-26,28,37,39H,6-8,13,17-19,36H2,1-5H3/t20?,25-,26-,28?,29-,30?,31+,32?,33-/m0/s1. The van der Waals surface area contributed by atoms with Gasteiger partial charge in [-0.15, -0.1) is 0 Å². The normalized spacial score (nSPS) is 43.2. The van der Waals surface area contributed by atoms with Gasteiger partial charge in [0.25, 0.3) is 0 Å². The predicted molar refractivity (Wildman–Crippen MR) is 157 cm³/mol. The average molecular weight is 587 g/mol. The maximum atomic E-state index is 17.0. The Hall–Kier alpha value is -2.62. The molecule has 1 aromatic carbocycles. The minimum atomic E-state index is -2.36. The molecule has 230 valence electrons. The molecule has 0 radical (unpaired) electrons. The minimum absolute atomic E-state index is 0.0391. The van der Waals surface area contributed by atoms with Crippen LogP contribution in [0.1, 0.15) is 73.1 Å². The van der Waals surface area contributed by atoms with Crippen LogP contribution >= 0.6 is 0 Å². The summed E-state index contributed by atoms with van der Waals surface area (Å²) in [6, 6.07) is 7.03. The van der Waals surface area contributed by atoms with Crippen LogP contribution in [-0.4, -0.2) is 58.7 Å². The number of rotatable bonds is 6. The smallest absolute Gasteiger partial charge is 0.187 e. The van der Waals surface area contributed by atoms with Crippen LogP contribution in [-0.2, 0) is 19.1 Å². The molecule has 1 aliphatic heterocycles. The fourth-order valence-corrected chi connectivity index (χ4v) is 8.30. The zero-order valence-corrected chi connectivity index (χ0v) is 25.2. The van der Waals surface area contributed by atoms with E-state index in [1.54, 1.807) is 24.3 Å². The molecular formula is C33H44F2N2O5. The van der Waals surface area contributed by atoms with Gasteiger partial charge in [0.05, 0.1) is 12.6 Å². The second-order valence-corrected chi connectivity index (χ2v) is 13.5. The largest absolute Gasteiger partial charge is 0.399 e. The van der Waals surface area contributed by atoms with Gasteiger partial charge in [-0.3, -0.25) is 9.59 Å². The lowest BCUT2D eigenvalue weighted by molar-refractivity contribution is -0.181. The van der Waals surface area contributed by atoms with Crippen molar-refractivity contribution in [2.45, 2.75) is 109 Å². The minimum Gasteiger partial charge on any atom is -0.399 e. The first-order chi connectivity index (χ1) is 19.6. The number of fused-ring (bicyclic) bond motifs is 4. The van der Waals surface area contributed by atoms with Gasteiger partial charge < -0.3 is 25.6 Å². The molecule has 1 saturated heterocycles. The summed E-state index contributed by atoms with van der Waals surface area (Å²) in [5, 5.41) is 14.9. The number of aliphatic hydroxyl groups excluding tert-OH is 1. The first kappa shape index (κ1) is 30.8. The monoisotopic (exact) mass is 586 g/mol. The molecule has 2 saturated carbocycles. The lowest BCUT2D eigenvalue weighted by Crippen LogP contribution is -2.64. The number of benzene rings is 1. The van der Waals surface area contributed by atoms with Crippen LogP contribution in [0.2, 0.25) is 0 Å². The number of allylic oxidation sites excluding steroid dienone is 4. The number of anilines is 2. The summed E-state index contributed by atoms with van der Waals surface area (Å²) < 4.78 is 46.3. The summed E-state index contributed by atoms with van der Waals surface area (Å²) >= 11 is 0. The molecule has 0 aromatic heterocycles. The molecule has 0 spiro atoms. The molecule has 1 aromatic rings. The van der Waals surface area contributed by atoms with Gasteiger partial charge in [-0.2, -0.15) is 0 Å². The van der Waals surface area contributed by atoms with E-state index in [2.05, 4.69) is 5.32 Å². The molecular weight excluding hydrogens is 542 g/mol. The third-order valence-electron chi connectivity index (χ3n) is 10.9. The summed E-state index contributed by atoms with van der Waals surface area (Å²) in [4.78, 5) is 26.8. The van der Waals surface area contributed by atoms with Crippen molar-refractivity contribution in [1.82, 2.24) is 0 Å². The first-order valence-corrected chi connectivity index (χ1v) is 15.1. The molecule has 42 heavy (non-hydrogen) atoms. The first-order valence-electron chi connectivity index (χ1n) is 15.1. The Morgan fingerprint density at radius 1 is 1.12 bits per heavy atom. The van der Waals surface area contributed by atoms with Gasteiger partial charge in [0.2, 0.25) is 0 Å². The van der Waals surface area contributed by atoms with Crippen molar-refractivity contribution in [3.63, 3.8) is 0 Å². The SMILES string of the molecule is CCCC1O[C@]2(C)CC3CC[C@H](F)C4=CC(=O)C=C[C@]4(C)C(C)(F)[C@@H](O)CC3(C)[C@]2(C(=O)CNc2ccc(N)cc2)O1. The van der Waals surface area contributed by atoms with E-state index in [0.29, 0.717) is 30.6 Å². The van der Waals surface area contributed by atoms with Crippen LogP contribution in [0.5, 0.6) is 0 Å². The van der Waals surface area contributed by atoms with Crippen LogP contribution in [0, 0.1) is 16.7 Å². The lowest BCUT2D eigenvalue weighted by Gasteiger charge is -2.51. The Morgan fingerprint density at radius 3 is 2.48 bits per heavy atom. The van der Waals surface area contributed by atoms with Crippen molar-refractivity contribution in [2.24, 2.45) is 16.7 Å². The van der Waals surface area contributed by atoms with Crippen molar-refractivity contribution < 1.29 is 33.0 Å². The number of alkyl halides is 2. The Bertz CT molecular complexity index is 1300.